The number of rotatable bonds is 13. The molecular weight excluding hydrogens is 461 g/mol. The molecule has 0 fully saturated rings. The van der Waals surface area contributed by atoms with E-state index in [4.69, 9.17) is 19.0 Å². The van der Waals surface area contributed by atoms with Crippen molar-refractivity contribution < 1.29 is 23.4 Å². The molecule has 190 valence electrons. The van der Waals surface area contributed by atoms with Crippen LogP contribution in [0.5, 0.6) is 11.6 Å². The van der Waals surface area contributed by atoms with Gasteiger partial charge in [-0.05, 0) is 61.9 Å². The Labute approximate surface area is 210 Å². The zero-order valence-corrected chi connectivity index (χ0v) is 20.6. The van der Waals surface area contributed by atoms with Crippen molar-refractivity contribution in [1.29, 1.82) is 0 Å². The second kappa shape index (κ2) is 12.5. The number of ether oxygens (including phenoxy) is 2. The summed E-state index contributed by atoms with van der Waals surface area (Å²) < 4.78 is 32.8. The molecule has 0 amide bonds. The molecule has 4 rings (SSSR count). The molecule has 0 aliphatic rings. The van der Waals surface area contributed by atoms with E-state index < -0.39 is 6.10 Å². The van der Waals surface area contributed by atoms with E-state index in [0.29, 0.717) is 50.0 Å². The number of aliphatic hydroxyl groups is 1. The van der Waals surface area contributed by atoms with Gasteiger partial charge in [-0.25, -0.2) is 9.07 Å². The maximum absolute atomic E-state index is 13.7. The standard InChI is InChI=1S/C28H32FN3O4/c1-3-27-26(19-31(17-23(33)20-34-4-2)18-25-11-8-16-35-25)28(36-24-9-6-5-7-10-24)32(30-27)22-14-12-21(29)13-15-22/h5-16,23,33H,3-4,17-20H2,1-2H3/t23-/m0/s1. The van der Waals surface area contributed by atoms with E-state index in [-0.39, 0.29) is 12.4 Å². The van der Waals surface area contributed by atoms with Crippen LogP contribution in [0.25, 0.3) is 5.69 Å². The summed E-state index contributed by atoms with van der Waals surface area (Å²) in [5.41, 5.74) is 2.44. The first-order chi connectivity index (χ1) is 17.6. The number of aromatic nitrogens is 2. The minimum atomic E-state index is -0.671. The van der Waals surface area contributed by atoms with Crippen molar-refractivity contribution in [3.63, 3.8) is 0 Å². The molecule has 2 aromatic carbocycles. The van der Waals surface area contributed by atoms with Gasteiger partial charge in [-0.2, -0.15) is 5.10 Å². The molecule has 0 aliphatic carbocycles. The van der Waals surface area contributed by atoms with Gasteiger partial charge in [0.15, 0.2) is 0 Å². The molecular formula is C28H32FN3O4. The molecule has 0 saturated carbocycles. The molecule has 8 heteroatoms. The van der Waals surface area contributed by atoms with E-state index in [0.717, 1.165) is 17.0 Å². The number of furan rings is 1. The van der Waals surface area contributed by atoms with E-state index in [2.05, 4.69) is 4.90 Å². The van der Waals surface area contributed by atoms with Gasteiger partial charge in [0.25, 0.3) is 0 Å². The number of benzene rings is 2. The van der Waals surface area contributed by atoms with Gasteiger partial charge in [-0.3, -0.25) is 4.90 Å². The van der Waals surface area contributed by atoms with Crippen molar-refractivity contribution in [3.05, 3.63) is 95.8 Å². The minimum Gasteiger partial charge on any atom is -0.468 e. The van der Waals surface area contributed by atoms with Crippen LogP contribution in [0.15, 0.2) is 77.4 Å². The average molecular weight is 494 g/mol. The quantitative estimate of drug-likeness (QED) is 0.270. The Bertz CT molecular complexity index is 1190. The molecule has 1 N–H and O–H groups in total. The van der Waals surface area contributed by atoms with E-state index in [9.17, 15) is 9.50 Å². The number of para-hydroxylation sites is 1. The molecule has 2 aromatic heterocycles. The molecule has 1 atom stereocenters. The fraction of sp³-hybridized carbons (Fsp3) is 0.321. The molecule has 0 saturated heterocycles. The lowest BCUT2D eigenvalue weighted by Gasteiger charge is -2.24. The summed E-state index contributed by atoms with van der Waals surface area (Å²) in [6.45, 7) is 6.03. The minimum absolute atomic E-state index is 0.244. The number of hydrogen-bond acceptors (Lipinski definition) is 6. The molecule has 7 nitrogen and oxygen atoms in total. The molecule has 0 radical (unpaired) electrons. The summed E-state index contributed by atoms with van der Waals surface area (Å²) in [6.07, 6.45) is 1.64. The van der Waals surface area contributed by atoms with Crippen LogP contribution in [-0.2, 0) is 24.2 Å². The van der Waals surface area contributed by atoms with Crippen molar-refractivity contribution in [1.82, 2.24) is 14.7 Å². The van der Waals surface area contributed by atoms with Gasteiger partial charge >= 0.3 is 0 Å². The van der Waals surface area contributed by atoms with Crippen LogP contribution in [-0.4, -0.2) is 45.6 Å². The van der Waals surface area contributed by atoms with Gasteiger partial charge < -0.3 is 19.0 Å². The Morgan fingerprint density at radius 3 is 2.47 bits per heavy atom. The van der Waals surface area contributed by atoms with E-state index in [1.165, 1.54) is 12.1 Å². The van der Waals surface area contributed by atoms with E-state index in [1.807, 2.05) is 56.3 Å². The van der Waals surface area contributed by atoms with Crippen molar-refractivity contribution in [2.45, 2.75) is 39.5 Å². The number of aryl methyl sites for hydroxylation is 1. The highest BCUT2D eigenvalue weighted by Gasteiger charge is 2.24. The van der Waals surface area contributed by atoms with Crippen LogP contribution < -0.4 is 4.74 Å². The van der Waals surface area contributed by atoms with Gasteiger partial charge in [0.2, 0.25) is 5.88 Å². The smallest absolute Gasteiger partial charge is 0.227 e. The zero-order chi connectivity index (χ0) is 25.3. The monoisotopic (exact) mass is 493 g/mol. The summed E-state index contributed by atoms with van der Waals surface area (Å²) in [4.78, 5) is 2.09. The molecule has 0 unspecified atom stereocenters. The maximum atomic E-state index is 13.7. The van der Waals surface area contributed by atoms with E-state index >= 15 is 0 Å². The zero-order valence-electron chi connectivity index (χ0n) is 20.6. The summed E-state index contributed by atoms with van der Waals surface area (Å²) in [5.74, 6) is 1.68. The van der Waals surface area contributed by atoms with Gasteiger partial charge in [-0.1, -0.05) is 25.1 Å². The average Bonchev–Trinajstić information content (AvgIpc) is 3.52. The van der Waals surface area contributed by atoms with Crippen molar-refractivity contribution in [2.24, 2.45) is 0 Å². The van der Waals surface area contributed by atoms with E-state index in [1.54, 1.807) is 23.1 Å². The van der Waals surface area contributed by atoms with Gasteiger partial charge in [0, 0.05) is 19.7 Å². The first kappa shape index (κ1) is 25.6. The molecule has 0 bridgehead atoms. The van der Waals surface area contributed by atoms with Gasteiger partial charge in [-0.15, -0.1) is 0 Å². The summed E-state index contributed by atoms with van der Waals surface area (Å²) in [5, 5.41) is 15.4. The normalized spacial score (nSPS) is 12.2. The van der Waals surface area contributed by atoms with Crippen LogP contribution in [0.2, 0.25) is 0 Å². The molecule has 36 heavy (non-hydrogen) atoms. The van der Waals surface area contributed by atoms with Crippen LogP contribution in [0.3, 0.4) is 0 Å². The van der Waals surface area contributed by atoms with Crippen LogP contribution in [0.4, 0.5) is 4.39 Å². The topological polar surface area (TPSA) is 72.9 Å². The fourth-order valence-corrected chi connectivity index (χ4v) is 4.02. The summed E-state index contributed by atoms with van der Waals surface area (Å²) in [7, 11) is 0. The van der Waals surface area contributed by atoms with Gasteiger partial charge in [0.1, 0.15) is 17.3 Å². The largest absolute Gasteiger partial charge is 0.468 e. The Balaban J connectivity index is 1.72. The number of hydrogen-bond donors (Lipinski definition) is 1. The highest BCUT2D eigenvalue weighted by atomic mass is 19.1. The second-order valence-electron chi connectivity index (χ2n) is 8.45. The van der Waals surface area contributed by atoms with Crippen molar-refractivity contribution in [2.75, 3.05) is 19.8 Å². The number of nitrogens with zero attached hydrogens (tertiary/aromatic N) is 3. The number of aliphatic hydroxyl groups excluding tert-OH is 1. The number of halogens is 1. The first-order valence-corrected chi connectivity index (χ1v) is 12.2. The van der Waals surface area contributed by atoms with Crippen LogP contribution in [0, 0.1) is 5.82 Å². The van der Waals surface area contributed by atoms with Crippen LogP contribution in [0.1, 0.15) is 30.9 Å². The second-order valence-corrected chi connectivity index (χ2v) is 8.45. The highest BCUT2D eigenvalue weighted by molar-refractivity contribution is 5.44. The Morgan fingerprint density at radius 2 is 1.81 bits per heavy atom. The lowest BCUT2D eigenvalue weighted by molar-refractivity contribution is 0.0166. The molecule has 2 heterocycles. The molecule has 0 spiro atoms. The summed E-state index contributed by atoms with van der Waals surface area (Å²) >= 11 is 0. The molecule has 4 aromatic rings. The van der Waals surface area contributed by atoms with Gasteiger partial charge in [0.05, 0.1) is 42.5 Å². The van der Waals surface area contributed by atoms with Crippen molar-refractivity contribution >= 4 is 0 Å². The van der Waals surface area contributed by atoms with Crippen LogP contribution >= 0.6 is 0 Å². The SMILES string of the molecule is CCOC[C@@H](O)CN(Cc1ccco1)Cc1c(CC)nn(-c2ccc(F)cc2)c1Oc1ccccc1. The highest BCUT2D eigenvalue weighted by Crippen LogP contribution is 2.32. The Morgan fingerprint density at radius 1 is 1.03 bits per heavy atom. The third kappa shape index (κ3) is 6.60. The first-order valence-electron chi connectivity index (χ1n) is 12.2. The predicted molar refractivity (Wildman–Crippen MR) is 135 cm³/mol. The lowest BCUT2D eigenvalue weighted by Crippen LogP contribution is -2.34. The Hall–Kier alpha value is -3.46. The molecule has 0 aliphatic heterocycles. The van der Waals surface area contributed by atoms with Crippen molar-refractivity contribution in [3.8, 4) is 17.3 Å². The fourth-order valence-electron chi connectivity index (χ4n) is 4.02. The maximum Gasteiger partial charge on any atom is 0.227 e. The summed E-state index contributed by atoms with van der Waals surface area (Å²) in [6, 6.07) is 19.4. The Kier molecular flexibility index (Phi) is 8.89. The third-order valence-corrected chi connectivity index (χ3v) is 5.71. The predicted octanol–water partition coefficient (Wildman–Crippen LogP) is 5.36. The lowest BCUT2D eigenvalue weighted by atomic mass is 10.1. The third-order valence-electron chi connectivity index (χ3n) is 5.71.